The molecule has 0 spiro atoms. The first-order valence-corrected chi connectivity index (χ1v) is 7.54. The molecule has 2 nitrogen and oxygen atoms in total. The van der Waals surface area contributed by atoms with Crippen molar-refractivity contribution in [3.63, 3.8) is 0 Å². The summed E-state index contributed by atoms with van der Waals surface area (Å²) in [6.07, 6.45) is 8.04. The molecule has 0 atom stereocenters. The number of hydrogen-bond acceptors (Lipinski definition) is 2. The first-order chi connectivity index (χ1) is 9.19. The van der Waals surface area contributed by atoms with E-state index >= 15 is 0 Å². The van der Waals surface area contributed by atoms with E-state index in [-0.39, 0.29) is 0 Å². The SMILES string of the molecule is C#CCCCOc1c(C)cc(Br)cc1CNCCC. The Balaban J connectivity index is 2.72. The lowest BCUT2D eigenvalue weighted by atomic mass is 10.1. The van der Waals surface area contributed by atoms with Crippen molar-refractivity contribution in [3.05, 3.63) is 27.7 Å². The van der Waals surface area contributed by atoms with Crippen LogP contribution in [0.4, 0.5) is 0 Å². The minimum Gasteiger partial charge on any atom is -0.493 e. The molecule has 0 aliphatic rings. The highest BCUT2D eigenvalue weighted by Crippen LogP contribution is 2.28. The molecular weight excluding hydrogens is 302 g/mol. The second-order valence-electron chi connectivity index (χ2n) is 4.54. The molecule has 1 rings (SSSR count). The molecule has 1 N–H and O–H groups in total. The molecule has 19 heavy (non-hydrogen) atoms. The first kappa shape index (κ1) is 16.1. The third-order valence-electron chi connectivity index (χ3n) is 2.77. The van der Waals surface area contributed by atoms with E-state index in [4.69, 9.17) is 11.2 Å². The highest BCUT2D eigenvalue weighted by Gasteiger charge is 2.08. The maximum atomic E-state index is 5.90. The van der Waals surface area contributed by atoms with Crippen LogP contribution in [0.3, 0.4) is 0 Å². The molecule has 104 valence electrons. The normalized spacial score (nSPS) is 10.2. The quantitative estimate of drug-likeness (QED) is 0.575. The van der Waals surface area contributed by atoms with Gasteiger partial charge in [0.1, 0.15) is 5.75 Å². The van der Waals surface area contributed by atoms with Crippen LogP contribution in [0.15, 0.2) is 16.6 Å². The molecular formula is C16H22BrNO. The molecule has 0 unspecified atom stereocenters. The Labute approximate surface area is 125 Å². The lowest BCUT2D eigenvalue weighted by Gasteiger charge is -2.15. The van der Waals surface area contributed by atoms with Gasteiger partial charge >= 0.3 is 0 Å². The van der Waals surface area contributed by atoms with E-state index in [2.05, 4.69) is 53.1 Å². The van der Waals surface area contributed by atoms with Crippen molar-refractivity contribution in [2.45, 2.75) is 39.7 Å². The van der Waals surface area contributed by atoms with Crippen LogP contribution in [-0.2, 0) is 6.54 Å². The smallest absolute Gasteiger partial charge is 0.126 e. The zero-order valence-corrected chi connectivity index (χ0v) is 13.3. The third-order valence-corrected chi connectivity index (χ3v) is 3.23. The molecule has 3 heteroatoms. The average Bonchev–Trinajstić information content (AvgIpc) is 2.37. The standard InChI is InChI=1S/C16H22BrNO/c1-4-6-7-9-19-16-13(3)10-15(17)11-14(16)12-18-8-5-2/h1,10-11,18H,5-9,12H2,2-3H3. The number of rotatable bonds is 8. The third kappa shape index (κ3) is 5.67. The van der Waals surface area contributed by atoms with E-state index in [9.17, 15) is 0 Å². The molecule has 0 radical (unpaired) electrons. The van der Waals surface area contributed by atoms with Crippen LogP contribution in [0.1, 0.15) is 37.3 Å². The van der Waals surface area contributed by atoms with E-state index in [1.54, 1.807) is 0 Å². The fraction of sp³-hybridized carbons (Fsp3) is 0.500. The topological polar surface area (TPSA) is 21.3 Å². The summed E-state index contributed by atoms with van der Waals surface area (Å²) in [4.78, 5) is 0. The number of benzene rings is 1. The van der Waals surface area contributed by atoms with Crippen LogP contribution in [0.2, 0.25) is 0 Å². The number of hydrogen-bond donors (Lipinski definition) is 1. The molecule has 0 heterocycles. The summed E-state index contributed by atoms with van der Waals surface area (Å²) in [7, 11) is 0. The Morgan fingerprint density at radius 1 is 1.42 bits per heavy atom. The van der Waals surface area contributed by atoms with Gasteiger partial charge in [-0.1, -0.05) is 22.9 Å². The summed E-state index contributed by atoms with van der Waals surface area (Å²) in [5, 5.41) is 3.41. The summed E-state index contributed by atoms with van der Waals surface area (Å²) in [6, 6.07) is 4.20. The highest BCUT2D eigenvalue weighted by molar-refractivity contribution is 9.10. The van der Waals surface area contributed by atoms with Crippen LogP contribution in [0.5, 0.6) is 5.75 Å². The number of terminal acetylenes is 1. The van der Waals surface area contributed by atoms with Gasteiger partial charge in [-0.2, -0.15) is 0 Å². The predicted octanol–water partition coefficient (Wildman–Crippen LogP) is 4.05. The van der Waals surface area contributed by atoms with Gasteiger partial charge in [0.05, 0.1) is 6.61 Å². The van der Waals surface area contributed by atoms with E-state index in [1.165, 1.54) is 5.56 Å². The van der Waals surface area contributed by atoms with Crippen molar-refractivity contribution in [1.82, 2.24) is 5.32 Å². The zero-order chi connectivity index (χ0) is 14.1. The average molecular weight is 324 g/mol. The Hall–Kier alpha value is -0.980. The van der Waals surface area contributed by atoms with Crippen LogP contribution in [0, 0.1) is 19.3 Å². The van der Waals surface area contributed by atoms with Gasteiger partial charge in [-0.25, -0.2) is 0 Å². The van der Waals surface area contributed by atoms with Crippen molar-refractivity contribution in [1.29, 1.82) is 0 Å². The molecule has 0 saturated heterocycles. The largest absolute Gasteiger partial charge is 0.493 e. The second-order valence-corrected chi connectivity index (χ2v) is 5.46. The summed E-state index contributed by atoms with van der Waals surface area (Å²) in [5.41, 5.74) is 2.35. The fourth-order valence-electron chi connectivity index (χ4n) is 1.89. The van der Waals surface area contributed by atoms with Crippen LogP contribution in [-0.4, -0.2) is 13.2 Å². The maximum Gasteiger partial charge on any atom is 0.126 e. The summed E-state index contributed by atoms with van der Waals surface area (Å²) >= 11 is 3.54. The molecule has 0 aromatic heterocycles. The van der Waals surface area contributed by atoms with Crippen molar-refractivity contribution in [2.24, 2.45) is 0 Å². The van der Waals surface area contributed by atoms with Crippen LogP contribution >= 0.6 is 15.9 Å². The number of unbranched alkanes of at least 4 members (excludes halogenated alkanes) is 1. The Morgan fingerprint density at radius 3 is 2.89 bits per heavy atom. The molecule has 0 aliphatic heterocycles. The molecule has 0 fully saturated rings. The van der Waals surface area contributed by atoms with Gasteiger partial charge < -0.3 is 10.1 Å². The monoisotopic (exact) mass is 323 g/mol. The van der Waals surface area contributed by atoms with Gasteiger partial charge in [0.15, 0.2) is 0 Å². The Kier molecular flexibility index (Phi) is 7.62. The minimum atomic E-state index is 0.674. The van der Waals surface area contributed by atoms with Gasteiger partial charge in [-0.15, -0.1) is 12.3 Å². The van der Waals surface area contributed by atoms with Gasteiger partial charge in [0.25, 0.3) is 0 Å². The summed E-state index contributed by atoms with van der Waals surface area (Å²) in [5.74, 6) is 3.62. The van der Waals surface area contributed by atoms with Gasteiger partial charge in [0, 0.05) is 23.0 Å². The van der Waals surface area contributed by atoms with Gasteiger partial charge in [0.2, 0.25) is 0 Å². The first-order valence-electron chi connectivity index (χ1n) is 6.75. The minimum absolute atomic E-state index is 0.674. The van der Waals surface area contributed by atoms with E-state index in [0.717, 1.165) is 48.1 Å². The molecule has 0 bridgehead atoms. The lowest BCUT2D eigenvalue weighted by molar-refractivity contribution is 0.307. The lowest BCUT2D eigenvalue weighted by Crippen LogP contribution is -2.15. The number of nitrogens with one attached hydrogen (secondary N) is 1. The second kappa shape index (κ2) is 9.01. The zero-order valence-electron chi connectivity index (χ0n) is 11.8. The van der Waals surface area contributed by atoms with E-state index in [0.29, 0.717) is 6.61 Å². The Morgan fingerprint density at radius 2 is 2.21 bits per heavy atom. The van der Waals surface area contributed by atoms with Crippen LogP contribution < -0.4 is 10.1 Å². The van der Waals surface area contributed by atoms with Crippen molar-refractivity contribution in [3.8, 4) is 18.1 Å². The van der Waals surface area contributed by atoms with Crippen molar-refractivity contribution >= 4 is 15.9 Å². The van der Waals surface area contributed by atoms with E-state index < -0.39 is 0 Å². The summed E-state index contributed by atoms with van der Waals surface area (Å²) in [6.45, 7) is 6.76. The number of aryl methyl sites for hydroxylation is 1. The Bertz CT molecular complexity index is 437. The molecule has 0 aliphatic carbocycles. The van der Waals surface area contributed by atoms with E-state index in [1.807, 2.05) is 0 Å². The number of halogens is 1. The maximum absolute atomic E-state index is 5.90. The predicted molar refractivity (Wildman–Crippen MR) is 84.4 cm³/mol. The molecule has 1 aromatic rings. The van der Waals surface area contributed by atoms with Crippen molar-refractivity contribution < 1.29 is 4.74 Å². The molecule has 0 saturated carbocycles. The van der Waals surface area contributed by atoms with Gasteiger partial charge in [-0.3, -0.25) is 0 Å². The fourth-order valence-corrected chi connectivity index (χ4v) is 2.51. The molecule has 0 amide bonds. The van der Waals surface area contributed by atoms with Crippen LogP contribution in [0.25, 0.3) is 0 Å². The molecule has 1 aromatic carbocycles. The summed E-state index contributed by atoms with van der Waals surface area (Å²) < 4.78 is 6.99. The van der Waals surface area contributed by atoms with Gasteiger partial charge in [-0.05, 0) is 44.0 Å². The number of ether oxygens (including phenoxy) is 1. The highest BCUT2D eigenvalue weighted by atomic mass is 79.9. The van der Waals surface area contributed by atoms with Crippen molar-refractivity contribution in [2.75, 3.05) is 13.2 Å².